The highest BCUT2D eigenvalue weighted by atomic mass is 35.5. The predicted molar refractivity (Wildman–Crippen MR) is 135 cm³/mol. The number of nitrogens with one attached hydrogen (secondary N) is 1. The first-order valence-corrected chi connectivity index (χ1v) is 13.2. The first-order chi connectivity index (χ1) is 16.1. The number of carbonyl (C=O) groups is 2. The quantitative estimate of drug-likeness (QED) is 0.472. The fraction of sp³-hybridized carbons (Fsp3) is 0.417. The highest BCUT2D eigenvalue weighted by molar-refractivity contribution is 7.92. The summed E-state index contributed by atoms with van der Waals surface area (Å²) >= 11 is 5.91. The Labute approximate surface area is 206 Å². The highest BCUT2D eigenvalue weighted by Gasteiger charge is 2.26. The number of methoxy groups -OCH3 is 1. The minimum atomic E-state index is -3.55. The van der Waals surface area contributed by atoms with Crippen molar-refractivity contribution in [2.75, 3.05) is 30.8 Å². The van der Waals surface area contributed by atoms with Crippen molar-refractivity contribution in [2.24, 2.45) is 0 Å². The van der Waals surface area contributed by atoms with Gasteiger partial charge in [0.1, 0.15) is 11.8 Å². The zero-order valence-corrected chi connectivity index (χ0v) is 21.5. The molecule has 1 unspecified atom stereocenters. The van der Waals surface area contributed by atoms with Crippen LogP contribution in [0, 0.1) is 0 Å². The van der Waals surface area contributed by atoms with Crippen LogP contribution in [0.2, 0.25) is 5.02 Å². The Hall–Kier alpha value is -2.78. The van der Waals surface area contributed by atoms with E-state index in [-0.39, 0.29) is 37.7 Å². The average molecular weight is 510 g/mol. The lowest BCUT2D eigenvalue weighted by molar-refractivity contribution is -0.140. The molecule has 34 heavy (non-hydrogen) atoms. The predicted octanol–water partition coefficient (Wildman–Crippen LogP) is 3.45. The molecular formula is C24H32ClN3O5S. The lowest BCUT2D eigenvalue weighted by Gasteiger charge is -2.29. The summed E-state index contributed by atoms with van der Waals surface area (Å²) in [6.45, 7) is 4.32. The van der Waals surface area contributed by atoms with Gasteiger partial charge in [0.2, 0.25) is 21.8 Å². The van der Waals surface area contributed by atoms with Crippen LogP contribution in [0.15, 0.2) is 48.5 Å². The number of anilines is 1. The van der Waals surface area contributed by atoms with Crippen LogP contribution in [0.1, 0.15) is 32.3 Å². The highest BCUT2D eigenvalue weighted by Crippen LogP contribution is 2.22. The van der Waals surface area contributed by atoms with E-state index < -0.39 is 16.1 Å². The summed E-state index contributed by atoms with van der Waals surface area (Å²) in [6.07, 6.45) is 1.49. The zero-order valence-electron chi connectivity index (χ0n) is 20.0. The molecule has 8 nitrogen and oxygen atoms in total. The summed E-state index contributed by atoms with van der Waals surface area (Å²) in [5.74, 6) is 0.212. The van der Waals surface area contributed by atoms with Crippen LogP contribution in [-0.2, 0) is 26.2 Å². The monoisotopic (exact) mass is 509 g/mol. The topological polar surface area (TPSA) is 96.0 Å². The molecule has 0 saturated carbocycles. The Morgan fingerprint density at radius 2 is 1.71 bits per heavy atom. The van der Waals surface area contributed by atoms with E-state index in [1.807, 2.05) is 19.1 Å². The Morgan fingerprint density at radius 3 is 2.24 bits per heavy atom. The van der Waals surface area contributed by atoms with Gasteiger partial charge in [-0.05, 0) is 62.2 Å². The van der Waals surface area contributed by atoms with Crippen LogP contribution in [-0.4, -0.2) is 57.6 Å². The molecule has 0 radical (unpaired) electrons. The number of carbonyl (C=O) groups excluding carboxylic acids is 2. The number of benzene rings is 2. The number of hydrogen-bond donors (Lipinski definition) is 1. The summed E-state index contributed by atoms with van der Waals surface area (Å²) in [5, 5.41) is 3.25. The van der Waals surface area contributed by atoms with Gasteiger partial charge in [-0.2, -0.15) is 0 Å². The maximum absolute atomic E-state index is 13.2. The third kappa shape index (κ3) is 7.92. The van der Waals surface area contributed by atoms with Crippen molar-refractivity contribution in [1.82, 2.24) is 10.2 Å². The second kappa shape index (κ2) is 12.6. The van der Waals surface area contributed by atoms with Crippen molar-refractivity contribution in [3.8, 4) is 5.75 Å². The maximum Gasteiger partial charge on any atom is 0.242 e. The van der Waals surface area contributed by atoms with E-state index in [9.17, 15) is 18.0 Å². The summed E-state index contributed by atoms with van der Waals surface area (Å²) in [7, 11) is -1.98. The second-order valence-electron chi connectivity index (χ2n) is 7.86. The number of ether oxygens (including phenoxy) is 1. The largest absolute Gasteiger partial charge is 0.497 e. The van der Waals surface area contributed by atoms with Crippen LogP contribution >= 0.6 is 11.6 Å². The lowest BCUT2D eigenvalue weighted by Crippen LogP contribution is -2.47. The molecule has 0 aliphatic rings. The van der Waals surface area contributed by atoms with E-state index in [0.717, 1.165) is 11.8 Å². The molecule has 0 aromatic heterocycles. The molecule has 0 saturated heterocycles. The molecule has 0 bridgehead atoms. The smallest absolute Gasteiger partial charge is 0.242 e. The molecular weight excluding hydrogens is 478 g/mol. The van der Waals surface area contributed by atoms with E-state index in [1.165, 1.54) is 9.21 Å². The zero-order chi connectivity index (χ0) is 25.3. The molecule has 1 atom stereocenters. The molecule has 0 heterocycles. The average Bonchev–Trinajstić information content (AvgIpc) is 2.80. The summed E-state index contributed by atoms with van der Waals surface area (Å²) in [6, 6.07) is 13.1. The first kappa shape index (κ1) is 27.5. The Morgan fingerprint density at radius 1 is 1.09 bits per heavy atom. The number of halogens is 1. The molecule has 2 aromatic rings. The fourth-order valence-electron chi connectivity index (χ4n) is 3.44. The van der Waals surface area contributed by atoms with Gasteiger partial charge in [0, 0.05) is 31.1 Å². The van der Waals surface area contributed by atoms with Crippen LogP contribution in [0.5, 0.6) is 5.75 Å². The van der Waals surface area contributed by atoms with Gasteiger partial charge in [-0.3, -0.25) is 13.9 Å². The molecule has 2 rings (SSSR count). The number of rotatable bonds is 12. The molecule has 0 aliphatic heterocycles. The van der Waals surface area contributed by atoms with Gasteiger partial charge < -0.3 is 15.0 Å². The van der Waals surface area contributed by atoms with Crippen molar-refractivity contribution >= 4 is 39.1 Å². The van der Waals surface area contributed by atoms with E-state index in [2.05, 4.69) is 5.32 Å². The Bertz CT molecular complexity index is 1060. The molecule has 0 spiro atoms. The number of hydrogen-bond acceptors (Lipinski definition) is 5. The number of nitrogens with zero attached hydrogens (tertiary/aromatic N) is 2. The van der Waals surface area contributed by atoms with Crippen molar-refractivity contribution in [3.05, 3.63) is 59.1 Å². The van der Waals surface area contributed by atoms with Crippen molar-refractivity contribution in [3.63, 3.8) is 0 Å². The van der Waals surface area contributed by atoms with E-state index in [0.29, 0.717) is 23.0 Å². The Kier molecular flexibility index (Phi) is 10.2. The van der Waals surface area contributed by atoms with Crippen LogP contribution in [0.3, 0.4) is 0 Å². The minimum absolute atomic E-state index is 0.0828. The molecule has 2 amide bonds. The molecule has 2 aromatic carbocycles. The number of likely N-dealkylation sites (N-methyl/N-ethyl adjacent to an activating group) is 1. The first-order valence-electron chi connectivity index (χ1n) is 11.0. The SMILES string of the molecule is CCNC(=O)C(C)N(Cc1ccc(OC)cc1)C(=O)CCCN(c1ccc(Cl)cc1)S(C)(=O)=O. The van der Waals surface area contributed by atoms with Gasteiger partial charge in [-0.1, -0.05) is 23.7 Å². The van der Waals surface area contributed by atoms with Gasteiger partial charge in [0.15, 0.2) is 0 Å². The third-order valence-corrected chi connectivity index (χ3v) is 6.74. The van der Waals surface area contributed by atoms with Gasteiger partial charge in [-0.25, -0.2) is 8.42 Å². The van der Waals surface area contributed by atoms with Crippen LogP contribution < -0.4 is 14.4 Å². The second-order valence-corrected chi connectivity index (χ2v) is 10.2. The molecule has 0 aliphatic carbocycles. The fourth-order valence-corrected chi connectivity index (χ4v) is 4.53. The summed E-state index contributed by atoms with van der Waals surface area (Å²) in [4.78, 5) is 27.2. The molecule has 10 heteroatoms. The van der Waals surface area contributed by atoms with Gasteiger partial charge >= 0.3 is 0 Å². The molecule has 0 fully saturated rings. The maximum atomic E-state index is 13.2. The minimum Gasteiger partial charge on any atom is -0.497 e. The lowest BCUT2D eigenvalue weighted by atomic mass is 10.1. The van der Waals surface area contributed by atoms with Gasteiger partial charge in [-0.15, -0.1) is 0 Å². The molecule has 1 N–H and O–H groups in total. The van der Waals surface area contributed by atoms with E-state index >= 15 is 0 Å². The van der Waals surface area contributed by atoms with Crippen molar-refractivity contribution in [1.29, 1.82) is 0 Å². The van der Waals surface area contributed by atoms with Crippen LogP contribution in [0.4, 0.5) is 5.69 Å². The van der Waals surface area contributed by atoms with Crippen molar-refractivity contribution in [2.45, 2.75) is 39.3 Å². The van der Waals surface area contributed by atoms with Gasteiger partial charge in [0.05, 0.1) is 19.1 Å². The normalized spacial score (nSPS) is 12.0. The van der Waals surface area contributed by atoms with Gasteiger partial charge in [0.25, 0.3) is 0 Å². The van der Waals surface area contributed by atoms with E-state index in [1.54, 1.807) is 50.4 Å². The third-order valence-electron chi connectivity index (χ3n) is 5.30. The Balaban J connectivity index is 2.14. The number of amides is 2. The molecule has 186 valence electrons. The number of sulfonamides is 1. The van der Waals surface area contributed by atoms with E-state index in [4.69, 9.17) is 16.3 Å². The van der Waals surface area contributed by atoms with Crippen molar-refractivity contribution < 1.29 is 22.7 Å². The van der Waals surface area contributed by atoms with Crippen LogP contribution in [0.25, 0.3) is 0 Å². The standard InChI is InChI=1S/C24H32ClN3O5S/c1-5-26-24(30)18(2)27(17-19-8-14-22(33-3)15-9-19)23(29)7-6-16-28(34(4,31)32)21-12-10-20(25)11-13-21/h8-15,18H,5-7,16-17H2,1-4H3,(H,26,30). The summed E-state index contributed by atoms with van der Waals surface area (Å²) < 4.78 is 31.1. The summed E-state index contributed by atoms with van der Waals surface area (Å²) in [5.41, 5.74) is 1.33.